The maximum atomic E-state index is 13.0. The van der Waals surface area contributed by atoms with Gasteiger partial charge in [0.2, 0.25) is 5.91 Å². The lowest BCUT2D eigenvalue weighted by atomic mass is 10.1. The molecular formula is C24H32N2O3. The molecule has 0 saturated carbocycles. The van der Waals surface area contributed by atoms with E-state index in [0.717, 1.165) is 11.1 Å². The lowest BCUT2D eigenvalue weighted by Crippen LogP contribution is -2.53. The van der Waals surface area contributed by atoms with Gasteiger partial charge in [-0.15, -0.1) is 0 Å². The molecule has 0 unspecified atom stereocenters. The molecule has 29 heavy (non-hydrogen) atoms. The second-order valence-corrected chi connectivity index (χ2v) is 8.34. The van der Waals surface area contributed by atoms with Crippen LogP contribution in [0.15, 0.2) is 54.6 Å². The third-order valence-electron chi connectivity index (χ3n) is 4.50. The van der Waals surface area contributed by atoms with Gasteiger partial charge in [0.1, 0.15) is 11.8 Å². The van der Waals surface area contributed by atoms with Crippen molar-refractivity contribution in [3.63, 3.8) is 0 Å². The zero-order valence-electron chi connectivity index (χ0n) is 18.1. The minimum absolute atomic E-state index is 0.106. The molecule has 1 atom stereocenters. The Balaban J connectivity index is 2.09. The van der Waals surface area contributed by atoms with Gasteiger partial charge in [-0.1, -0.05) is 42.5 Å². The van der Waals surface area contributed by atoms with Crippen molar-refractivity contribution >= 4 is 11.8 Å². The van der Waals surface area contributed by atoms with Gasteiger partial charge in [-0.05, 0) is 64.3 Å². The Morgan fingerprint density at radius 1 is 1.07 bits per heavy atom. The van der Waals surface area contributed by atoms with Gasteiger partial charge in [0.25, 0.3) is 5.91 Å². The van der Waals surface area contributed by atoms with E-state index < -0.39 is 6.04 Å². The predicted molar refractivity (Wildman–Crippen MR) is 116 cm³/mol. The molecule has 5 heteroatoms. The molecule has 156 valence electrons. The van der Waals surface area contributed by atoms with Crippen LogP contribution in [0.1, 0.15) is 38.8 Å². The van der Waals surface area contributed by atoms with Crippen molar-refractivity contribution in [3.05, 3.63) is 65.7 Å². The Kier molecular flexibility index (Phi) is 7.82. The van der Waals surface area contributed by atoms with Crippen molar-refractivity contribution in [3.8, 4) is 5.75 Å². The van der Waals surface area contributed by atoms with Gasteiger partial charge in [-0.2, -0.15) is 0 Å². The number of rotatable bonds is 8. The number of benzene rings is 2. The fourth-order valence-corrected chi connectivity index (χ4v) is 2.98. The summed E-state index contributed by atoms with van der Waals surface area (Å²) in [5, 5.41) is 2.96. The predicted octanol–water partition coefficient (Wildman–Crippen LogP) is 3.75. The molecule has 0 radical (unpaired) electrons. The zero-order chi connectivity index (χ0) is 21.4. The van der Waals surface area contributed by atoms with E-state index in [0.29, 0.717) is 18.7 Å². The molecule has 0 fully saturated rings. The molecule has 0 heterocycles. The van der Waals surface area contributed by atoms with Crippen LogP contribution >= 0.6 is 0 Å². The minimum Gasteiger partial charge on any atom is -0.484 e. The van der Waals surface area contributed by atoms with Crippen LogP contribution in [0.4, 0.5) is 0 Å². The van der Waals surface area contributed by atoms with E-state index in [-0.39, 0.29) is 24.0 Å². The number of amides is 2. The highest BCUT2D eigenvalue weighted by atomic mass is 16.5. The SMILES string of the molecule is Cc1cccc(OCC(=O)N(CCc2ccccc2)[C@H](C)C(=O)NC(C)(C)C)c1. The Hall–Kier alpha value is -2.82. The number of aryl methyl sites for hydroxylation is 1. The normalized spacial score (nSPS) is 12.2. The first-order valence-electron chi connectivity index (χ1n) is 10.0. The highest BCUT2D eigenvalue weighted by Crippen LogP contribution is 2.13. The second kappa shape index (κ2) is 10.1. The summed E-state index contributed by atoms with van der Waals surface area (Å²) in [6, 6.07) is 16.9. The van der Waals surface area contributed by atoms with Crippen molar-refractivity contribution < 1.29 is 14.3 Å². The maximum Gasteiger partial charge on any atom is 0.261 e. The average molecular weight is 397 g/mol. The smallest absolute Gasteiger partial charge is 0.261 e. The number of ether oxygens (including phenoxy) is 1. The van der Waals surface area contributed by atoms with E-state index in [1.165, 1.54) is 0 Å². The third-order valence-corrected chi connectivity index (χ3v) is 4.50. The number of carbonyl (C=O) groups excluding carboxylic acids is 2. The first-order valence-corrected chi connectivity index (χ1v) is 10.0. The summed E-state index contributed by atoms with van der Waals surface area (Å²) in [7, 11) is 0. The van der Waals surface area contributed by atoms with Crippen LogP contribution in [0.2, 0.25) is 0 Å². The minimum atomic E-state index is -0.591. The van der Waals surface area contributed by atoms with Crippen LogP contribution in [0.25, 0.3) is 0 Å². The molecular weight excluding hydrogens is 364 g/mol. The molecule has 0 aliphatic heterocycles. The molecule has 2 rings (SSSR count). The molecule has 2 aromatic carbocycles. The van der Waals surface area contributed by atoms with Gasteiger partial charge in [0, 0.05) is 12.1 Å². The molecule has 1 N–H and O–H groups in total. The van der Waals surface area contributed by atoms with Crippen LogP contribution in [0.5, 0.6) is 5.75 Å². The van der Waals surface area contributed by atoms with Crippen LogP contribution in [-0.4, -0.2) is 41.4 Å². The van der Waals surface area contributed by atoms with Crippen LogP contribution < -0.4 is 10.1 Å². The Bertz CT molecular complexity index is 812. The lowest BCUT2D eigenvalue weighted by molar-refractivity contribution is -0.142. The lowest BCUT2D eigenvalue weighted by Gasteiger charge is -2.31. The number of hydrogen-bond donors (Lipinski definition) is 1. The summed E-state index contributed by atoms with van der Waals surface area (Å²) in [5.41, 5.74) is 1.82. The molecule has 2 amide bonds. The molecule has 2 aromatic rings. The summed E-state index contributed by atoms with van der Waals surface area (Å²) < 4.78 is 5.69. The largest absolute Gasteiger partial charge is 0.484 e. The number of hydrogen-bond acceptors (Lipinski definition) is 3. The highest BCUT2D eigenvalue weighted by molar-refractivity contribution is 5.88. The highest BCUT2D eigenvalue weighted by Gasteiger charge is 2.28. The Labute approximate surface area is 174 Å². The topological polar surface area (TPSA) is 58.6 Å². The van der Waals surface area contributed by atoms with Crippen molar-refractivity contribution in [2.75, 3.05) is 13.2 Å². The standard InChI is InChI=1S/C24H32N2O3/c1-18-10-9-13-21(16-18)29-17-22(27)26(15-14-20-11-7-6-8-12-20)19(2)23(28)25-24(3,4)5/h6-13,16,19H,14-15,17H2,1-5H3,(H,25,28)/t19-/m1/s1. The van der Waals surface area contributed by atoms with Gasteiger partial charge in [0.05, 0.1) is 0 Å². The maximum absolute atomic E-state index is 13.0. The number of nitrogens with zero attached hydrogens (tertiary/aromatic N) is 1. The van der Waals surface area contributed by atoms with E-state index in [2.05, 4.69) is 5.32 Å². The van der Waals surface area contributed by atoms with Gasteiger partial charge in [-0.3, -0.25) is 9.59 Å². The van der Waals surface area contributed by atoms with E-state index in [1.807, 2.05) is 82.3 Å². The number of nitrogens with one attached hydrogen (secondary N) is 1. The summed E-state index contributed by atoms with van der Waals surface area (Å²) >= 11 is 0. The van der Waals surface area contributed by atoms with E-state index in [4.69, 9.17) is 4.74 Å². The van der Waals surface area contributed by atoms with Gasteiger partial charge >= 0.3 is 0 Å². The van der Waals surface area contributed by atoms with Crippen LogP contribution in [-0.2, 0) is 16.0 Å². The van der Waals surface area contributed by atoms with Gasteiger partial charge < -0.3 is 15.0 Å². The third kappa shape index (κ3) is 7.60. The molecule has 0 spiro atoms. The van der Waals surface area contributed by atoms with Crippen LogP contribution in [0, 0.1) is 6.92 Å². The van der Waals surface area contributed by atoms with E-state index in [1.54, 1.807) is 11.8 Å². The quantitative estimate of drug-likeness (QED) is 0.739. The van der Waals surface area contributed by atoms with E-state index >= 15 is 0 Å². The van der Waals surface area contributed by atoms with Crippen molar-refractivity contribution in [2.24, 2.45) is 0 Å². The molecule has 0 aromatic heterocycles. The molecule has 0 aliphatic rings. The first kappa shape index (κ1) is 22.5. The number of carbonyl (C=O) groups is 2. The van der Waals surface area contributed by atoms with Crippen molar-refractivity contribution in [1.29, 1.82) is 0 Å². The van der Waals surface area contributed by atoms with Crippen molar-refractivity contribution in [1.82, 2.24) is 10.2 Å². The van der Waals surface area contributed by atoms with Gasteiger partial charge in [-0.25, -0.2) is 0 Å². The summed E-state index contributed by atoms with van der Waals surface area (Å²) in [4.78, 5) is 27.2. The fraction of sp³-hybridized carbons (Fsp3) is 0.417. The average Bonchev–Trinajstić information content (AvgIpc) is 2.66. The zero-order valence-corrected chi connectivity index (χ0v) is 18.1. The summed E-state index contributed by atoms with van der Waals surface area (Å²) in [5.74, 6) is 0.265. The van der Waals surface area contributed by atoms with Gasteiger partial charge in [0.15, 0.2) is 6.61 Å². The molecule has 0 bridgehead atoms. The van der Waals surface area contributed by atoms with E-state index in [9.17, 15) is 9.59 Å². The Morgan fingerprint density at radius 2 is 1.76 bits per heavy atom. The summed E-state index contributed by atoms with van der Waals surface area (Å²) in [6.07, 6.45) is 0.671. The molecule has 0 saturated heterocycles. The van der Waals surface area contributed by atoms with Crippen molar-refractivity contribution in [2.45, 2.75) is 52.6 Å². The summed E-state index contributed by atoms with van der Waals surface area (Å²) in [6.45, 7) is 9.85. The molecule has 5 nitrogen and oxygen atoms in total. The first-order chi connectivity index (χ1) is 13.7. The Morgan fingerprint density at radius 3 is 2.38 bits per heavy atom. The van der Waals surface area contributed by atoms with Crippen LogP contribution in [0.3, 0.4) is 0 Å². The molecule has 0 aliphatic carbocycles. The fourth-order valence-electron chi connectivity index (χ4n) is 2.98. The monoisotopic (exact) mass is 396 g/mol. The second-order valence-electron chi connectivity index (χ2n) is 8.34.